The Morgan fingerprint density at radius 3 is 2.50 bits per heavy atom. The summed E-state index contributed by atoms with van der Waals surface area (Å²) in [6.07, 6.45) is 1.93. The number of benzene rings is 2. The molecule has 0 aliphatic carbocycles. The smallest absolute Gasteiger partial charge is 0.296 e. The molecular formula is C21H16ClN3O4S. The third-order valence-corrected chi connectivity index (χ3v) is 5.65. The Morgan fingerprint density at radius 2 is 1.80 bits per heavy atom. The van der Waals surface area contributed by atoms with Gasteiger partial charge in [-0.15, -0.1) is 0 Å². The van der Waals surface area contributed by atoms with Crippen LogP contribution in [0.15, 0.2) is 52.1 Å². The van der Waals surface area contributed by atoms with E-state index in [2.05, 4.69) is 10.1 Å². The maximum Gasteiger partial charge on any atom is 0.296 e. The lowest BCUT2D eigenvalue weighted by atomic mass is 10.1. The van der Waals surface area contributed by atoms with E-state index in [1.807, 2.05) is 6.07 Å². The Labute approximate surface area is 179 Å². The van der Waals surface area contributed by atoms with Gasteiger partial charge in [0.05, 0.1) is 18.8 Å². The Kier molecular flexibility index (Phi) is 5.52. The highest BCUT2D eigenvalue weighted by Crippen LogP contribution is 2.28. The largest absolute Gasteiger partial charge is 0.493 e. The van der Waals surface area contributed by atoms with Gasteiger partial charge in [0.2, 0.25) is 4.96 Å². The fourth-order valence-electron chi connectivity index (χ4n) is 2.95. The zero-order valence-electron chi connectivity index (χ0n) is 16.1. The molecular weight excluding hydrogens is 426 g/mol. The van der Waals surface area contributed by atoms with Crippen molar-refractivity contribution in [2.75, 3.05) is 14.2 Å². The molecule has 0 aliphatic heterocycles. The van der Waals surface area contributed by atoms with E-state index in [1.165, 1.54) is 11.6 Å². The number of ether oxygens (including phenoxy) is 2. The zero-order chi connectivity index (χ0) is 21.3. The van der Waals surface area contributed by atoms with Crippen LogP contribution >= 0.6 is 22.9 Å². The van der Waals surface area contributed by atoms with Crippen LogP contribution in [0, 0.1) is 0 Å². The SMILES string of the molecule is COc1ccc(Cc2nn3c(=O)c(=Cc4ccc(Cl)cc4)sc3nc2=O)cc1OC. The summed E-state index contributed by atoms with van der Waals surface area (Å²) < 4.78 is 12.1. The molecule has 2 heterocycles. The first-order chi connectivity index (χ1) is 14.5. The number of methoxy groups -OCH3 is 2. The summed E-state index contributed by atoms with van der Waals surface area (Å²) in [7, 11) is 3.09. The molecule has 0 saturated heterocycles. The number of halogens is 1. The topological polar surface area (TPSA) is 82.8 Å². The van der Waals surface area contributed by atoms with E-state index in [0.717, 1.165) is 22.5 Å². The molecule has 0 aliphatic rings. The molecule has 7 nitrogen and oxygen atoms in total. The molecule has 0 unspecified atom stereocenters. The summed E-state index contributed by atoms with van der Waals surface area (Å²) in [5.74, 6) is 1.13. The second-order valence-electron chi connectivity index (χ2n) is 6.39. The normalized spacial score (nSPS) is 11.8. The van der Waals surface area contributed by atoms with Crippen molar-refractivity contribution in [3.8, 4) is 11.5 Å². The van der Waals surface area contributed by atoms with Gasteiger partial charge in [-0.25, -0.2) is 0 Å². The zero-order valence-corrected chi connectivity index (χ0v) is 17.7. The lowest BCUT2D eigenvalue weighted by Crippen LogP contribution is -2.28. The highest BCUT2D eigenvalue weighted by molar-refractivity contribution is 7.15. The van der Waals surface area contributed by atoms with Crippen molar-refractivity contribution in [1.82, 2.24) is 14.6 Å². The molecule has 0 bridgehead atoms. The van der Waals surface area contributed by atoms with Crippen LogP contribution in [-0.2, 0) is 6.42 Å². The molecule has 2 aromatic heterocycles. The number of aromatic nitrogens is 3. The summed E-state index contributed by atoms with van der Waals surface area (Å²) in [6.45, 7) is 0. The Hall–Kier alpha value is -3.23. The summed E-state index contributed by atoms with van der Waals surface area (Å²) >= 11 is 7.02. The Balaban J connectivity index is 1.75. The highest BCUT2D eigenvalue weighted by Gasteiger charge is 2.13. The summed E-state index contributed by atoms with van der Waals surface area (Å²) in [5.41, 5.74) is 0.980. The number of thiazole rings is 1. The number of fused-ring (bicyclic) bond motifs is 1. The van der Waals surface area contributed by atoms with Crippen LogP contribution in [0.4, 0.5) is 0 Å². The molecule has 2 aromatic carbocycles. The van der Waals surface area contributed by atoms with E-state index in [1.54, 1.807) is 49.6 Å². The van der Waals surface area contributed by atoms with Crippen molar-refractivity contribution in [1.29, 1.82) is 0 Å². The molecule has 30 heavy (non-hydrogen) atoms. The van der Waals surface area contributed by atoms with E-state index in [9.17, 15) is 9.59 Å². The van der Waals surface area contributed by atoms with E-state index >= 15 is 0 Å². The predicted molar refractivity (Wildman–Crippen MR) is 116 cm³/mol. The second kappa shape index (κ2) is 8.25. The maximum atomic E-state index is 12.8. The molecule has 0 amide bonds. The van der Waals surface area contributed by atoms with E-state index in [4.69, 9.17) is 21.1 Å². The predicted octanol–water partition coefficient (Wildman–Crippen LogP) is 2.32. The molecule has 0 saturated carbocycles. The first-order valence-corrected chi connectivity index (χ1v) is 10.1. The minimum absolute atomic E-state index is 0.174. The molecule has 0 radical (unpaired) electrons. The van der Waals surface area contributed by atoms with Gasteiger partial charge in [-0.3, -0.25) is 9.59 Å². The Morgan fingerprint density at radius 1 is 1.07 bits per heavy atom. The van der Waals surface area contributed by atoms with Crippen molar-refractivity contribution in [2.24, 2.45) is 0 Å². The van der Waals surface area contributed by atoms with Gasteiger partial charge < -0.3 is 9.47 Å². The molecule has 0 fully saturated rings. The van der Waals surface area contributed by atoms with Crippen molar-refractivity contribution < 1.29 is 9.47 Å². The minimum atomic E-state index is -0.468. The van der Waals surface area contributed by atoms with E-state index in [-0.39, 0.29) is 22.6 Å². The van der Waals surface area contributed by atoms with Crippen molar-refractivity contribution in [3.05, 3.63) is 89.5 Å². The van der Waals surface area contributed by atoms with Crippen LogP contribution in [0.5, 0.6) is 11.5 Å². The van der Waals surface area contributed by atoms with Gasteiger partial charge in [0.1, 0.15) is 5.69 Å². The van der Waals surface area contributed by atoms with Crippen LogP contribution in [0.25, 0.3) is 11.0 Å². The second-order valence-corrected chi connectivity index (χ2v) is 7.84. The number of nitrogens with zero attached hydrogens (tertiary/aromatic N) is 3. The lowest BCUT2D eigenvalue weighted by Gasteiger charge is -2.09. The first kappa shape index (κ1) is 20.1. The van der Waals surface area contributed by atoms with Gasteiger partial charge in [-0.1, -0.05) is 41.1 Å². The Bertz CT molecular complexity index is 1400. The fraction of sp³-hybridized carbons (Fsp3) is 0.143. The van der Waals surface area contributed by atoms with Crippen LogP contribution in [0.1, 0.15) is 16.8 Å². The number of hydrogen-bond donors (Lipinski definition) is 0. The highest BCUT2D eigenvalue weighted by atomic mass is 35.5. The first-order valence-electron chi connectivity index (χ1n) is 8.89. The van der Waals surface area contributed by atoms with Gasteiger partial charge >= 0.3 is 0 Å². The minimum Gasteiger partial charge on any atom is -0.493 e. The van der Waals surface area contributed by atoms with Crippen LogP contribution < -0.4 is 25.1 Å². The summed E-state index contributed by atoms with van der Waals surface area (Å²) in [6, 6.07) is 12.4. The van der Waals surface area contributed by atoms with Gasteiger partial charge in [-0.05, 0) is 41.5 Å². The quantitative estimate of drug-likeness (QED) is 0.472. The lowest BCUT2D eigenvalue weighted by molar-refractivity contribution is 0.354. The molecule has 0 spiro atoms. The third-order valence-electron chi connectivity index (χ3n) is 4.44. The van der Waals surface area contributed by atoms with Gasteiger partial charge in [0, 0.05) is 11.4 Å². The van der Waals surface area contributed by atoms with Gasteiger partial charge in [0.25, 0.3) is 11.1 Å². The van der Waals surface area contributed by atoms with E-state index < -0.39 is 5.56 Å². The fourth-order valence-corrected chi connectivity index (χ4v) is 3.98. The van der Waals surface area contributed by atoms with Crippen LogP contribution in [0.2, 0.25) is 5.02 Å². The van der Waals surface area contributed by atoms with Crippen molar-refractivity contribution >= 4 is 34.0 Å². The number of rotatable bonds is 5. The molecule has 9 heteroatoms. The van der Waals surface area contributed by atoms with Crippen LogP contribution in [0.3, 0.4) is 0 Å². The molecule has 4 aromatic rings. The average molecular weight is 442 g/mol. The molecule has 0 N–H and O–H groups in total. The molecule has 4 rings (SSSR count). The van der Waals surface area contributed by atoms with Crippen molar-refractivity contribution in [3.63, 3.8) is 0 Å². The summed E-state index contributed by atoms with van der Waals surface area (Å²) in [4.78, 5) is 29.5. The van der Waals surface area contributed by atoms with Gasteiger partial charge in [-0.2, -0.15) is 14.6 Å². The summed E-state index contributed by atoms with van der Waals surface area (Å²) in [5, 5.41) is 4.88. The third kappa shape index (κ3) is 3.92. The number of hydrogen-bond acceptors (Lipinski definition) is 7. The maximum absolute atomic E-state index is 12.8. The standard InChI is InChI=1S/C21H16ClN3O4S/c1-28-16-8-5-13(10-17(16)29-2)9-15-19(26)23-21-25(24-15)20(27)18(30-21)11-12-3-6-14(22)7-4-12/h3-8,10-11H,9H2,1-2H3. The van der Waals surface area contributed by atoms with E-state index in [0.29, 0.717) is 21.1 Å². The monoisotopic (exact) mass is 441 g/mol. The average Bonchev–Trinajstić information content (AvgIpc) is 3.04. The van der Waals surface area contributed by atoms with Crippen LogP contribution in [-0.4, -0.2) is 28.8 Å². The molecule has 0 atom stereocenters. The molecule has 152 valence electrons. The van der Waals surface area contributed by atoms with Crippen molar-refractivity contribution in [2.45, 2.75) is 6.42 Å². The van der Waals surface area contributed by atoms with Gasteiger partial charge in [0.15, 0.2) is 11.5 Å².